The molecule has 4 aromatic heterocycles. The SMILES string of the molecule is c1ccc(-c2nc(-c3ccccc3)nc(-c3cccc4oc5c(-c6ccc7oc8c(-n9c%10ccccc%10c%10ccccc%109)cccc8c7c6)cccc5c34)n2)cc1. The van der Waals surface area contributed by atoms with Crippen LogP contribution >= 0.6 is 0 Å². The number of nitrogens with zero attached hydrogens (tertiary/aromatic N) is 4. The van der Waals surface area contributed by atoms with E-state index in [9.17, 15) is 0 Å². The van der Waals surface area contributed by atoms with Crippen molar-refractivity contribution in [1.29, 1.82) is 0 Å². The predicted octanol–water partition coefficient (Wildman–Crippen LogP) is 13.4. The molecular formula is C51H30N4O2. The van der Waals surface area contributed by atoms with Crippen LogP contribution in [-0.2, 0) is 0 Å². The first kappa shape index (κ1) is 31.5. The Kier molecular flexibility index (Phi) is 6.83. The molecule has 8 aromatic carbocycles. The highest BCUT2D eigenvalue weighted by Crippen LogP contribution is 2.43. The molecule has 0 aliphatic heterocycles. The topological polar surface area (TPSA) is 69.9 Å². The van der Waals surface area contributed by atoms with Gasteiger partial charge in [0, 0.05) is 54.6 Å². The van der Waals surface area contributed by atoms with Crippen LogP contribution in [0.5, 0.6) is 0 Å². The molecule has 0 bridgehead atoms. The summed E-state index contributed by atoms with van der Waals surface area (Å²) < 4.78 is 15.8. The number of fused-ring (bicyclic) bond motifs is 9. The molecule has 0 aliphatic carbocycles. The highest BCUT2D eigenvalue weighted by Gasteiger charge is 2.21. The van der Waals surface area contributed by atoms with E-state index in [0.29, 0.717) is 17.5 Å². The first-order valence-corrected chi connectivity index (χ1v) is 19.0. The van der Waals surface area contributed by atoms with Crippen molar-refractivity contribution in [3.63, 3.8) is 0 Å². The lowest BCUT2D eigenvalue weighted by Gasteiger charge is -2.09. The third-order valence-electron chi connectivity index (χ3n) is 11.1. The standard InChI is InChI=1S/C51H30N4O2/c1-3-14-31(15-4-1)49-52-50(32-16-5-2-6-17-32)54-51(53-49)39-23-13-27-45-46(39)38-22-11-20-34(47(38)57-45)33-28-29-44-40(30-33)37-21-12-26-43(48(37)56-44)55-41-24-9-7-18-35(41)36-19-8-10-25-42(36)55/h1-30H. The van der Waals surface area contributed by atoms with Gasteiger partial charge < -0.3 is 13.4 Å². The van der Waals surface area contributed by atoms with Gasteiger partial charge in [-0.3, -0.25) is 0 Å². The molecule has 0 spiro atoms. The van der Waals surface area contributed by atoms with E-state index in [-0.39, 0.29) is 0 Å². The molecule has 0 aliphatic rings. The maximum atomic E-state index is 6.76. The smallest absolute Gasteiger partial charge is 0.164 e. The zero-order valence-corrected chi connectivity index (χ0v) is 30.4. The monoisotopic (exact) mass is 730 g/mol. The molecule has 4 heterocycles. The van der Waals surface area contributed by atoms with Crippen molar-refractivity contribution in [2.45, 2.75) is 0 Å². The zero-order chi connectivity index (χ0) is 37.5. The van der Waals surface area contributed by atoms with Crippen LogP contribution in [0.25, 0.3) is 117 Å². The molecule has 6 heteroatoms. The summed E-state index contributed by atoms with van der Waals surface area (Å²) in [6.45, 7) is 0. The summed E-state index contributed by atoms with van der Waals surface area (Å²) in [6, 6.07) is 62.5. The lowest BCUT2D eigenvalue weighted by atomic mass is 9.99. The van der Waals surface area contributed by atoms with Gasteiger partial charge in [-0.2, -0.15) is 0 Å². The van der Waals surface area contributed by atoms with Gasteiger partial charge in [0.05, 0.1) is 16.7 Å². The molecule has 0 fully saturated rings. The van der Waals surface area contributed by atoms with Crippen molar-refractivity contribution in [3.05, 3.63) is 182 Å². The Morgan fingerprint density at radius 1 is 0.351 bits per heavy atom. The molecule has 0 N–H and O–H groups in total. The van der Waals surface area contributed by atoms with Crippen LogP contribution < -0.4 is 0 Å². The van der Waals surface area contributed by atoms with Gasteiger partial charge in [-0.05, 0) is 42.0 Å². The fourth-order valence-electron chi connectivity index (χ4n) is 8.50. The van der Waals surface area contributed by atoms with Gasteiger partial charge in [-0.15, -0.1) is 0 Å². The number of aromatic nitrogens is 4. The Morgan fingerprint density at radius 2 is 0.912 bits per heavy atom. The summed E-state index contributed by atoms with van der Waals surface area (Å²) in [5.41, 5.74) is 11.3. The lowest BCUT2D eigenvalue weighted by molar-refractivity contribution is 0.666. The maximum Gasteiger partial charge on any atom is 0.164 e. The normalized spacial score (nSPS) is 11.9. The molecule has 0 saturated heterocycles. The number of hydrogen-bond donors (Lipinski definition) is 0. The summed E-state index contributed by atoms with van der Waals surface area (Å²) in [6.07, 6.45) is 0. The van der Waals surface area contributed by atoms with Crippen LogP contribution in [0.2, 0.25) is 0 Å². The van der Waals surface area contributed by atoms with Crippen LogP contribution in [0, 0.1) is 0 Å². The van der Waals surface area contributed by atoms with Gasteiger partial charge in [-0.1, -0.05) is 146 Å². The average Bonchev–Trinajstić information content (AvgIpc) is 3.96. The molecule has 12 aromatic rings. The highest BCUT2D eigenvalue weighted by molar-refractivity contribution is 6.16. The van der Waals surface area contributed by atoms with Crippen LogP contribution in [0.1, 0.15) is 0 Å². The van der Waals surface area contributed by atoms with Crippen molar-refractivity contribution < 1.29 is 8.83 Å². The Bertz CT molecular complexity index is 3410. The number of furan rings is 2. The fourth-order valence-corrected chi connectivity index (χ4v) is 8.50. The third-order valence-corrected chi connectivity index (χ3v) is 11.1. The van der Waals surface area contributed by atoms with Crippen molar-refractivity contribution in [1.82, 2.24) is 19.5 Å². The molecular weight excluding hydrogens is 701 g/mol. The Labute approximate surface area is 325 Å². The number of benzene rings is 8. The van der Waals surface area contributed by atoms with Gasteiger partial charge in [-0.25, -0.2) is 15.0 Å². The second kappa shape index (κ2) is 12.3. The second-order valence-electron chi connectivity index (χ2n) is 14.3. The van der Waals surface area contributed by atoms with Crippen LogP contribution in [0.3, 0.4) is 0 Å². The molecule has 0 saturated carbocycles. The Morgan fingerprint density at radius 3 is 1.63 bits per heavy atom. The summed E-state index contributed by atoms with van der Waals surface area (Å²) in [5, 5.41) is 6.49. The zero-order valence-electron chi connectivity index (χ0n) is 30.4. The van der Waals surface area contributed by atoms with Gasteiger partial charge in [0.1, 0.15) is 16.7 Å². The molecule has 0 amide bonds. The van der Waals surface area contributed by atoms with Crippen molar-refractivity contribution in [2.75, 3.05) is 0 Å². The Hall–Kier alpha value is -7.83. The number of rotatable bonds is 5. The molecule has 0 unspecified atom stereocenters. The highest BCUT2D eigenvalue weighted by atomic mass is 16.3. The van der Waals surface area contributed by atoms with Crippen LogP contribution in [0.15, 0.2) is 191 Å². The molecule has 6 nitrogen and oxygen atoms in total. The molecule has 0 radical (unpaired) electrons. The van der Waals surface area contributed by atoms with Gasteiger partial charge in [0.15, 0.2) is 23.1 Å². The van der Waals surface area contributed by atoms with Gasteiger partial charge >= 0.3 is 0 Å². The van der Waals surface area contributed by atoms with E-state index in [0.717, 1.165) is 88.4 Å². The van der Waals surface area contributed by atoms with Crippen molar-refractivity contribution >= 4 is 65.7 Å². The second-order valence-corrected chi connectivity index (χ2v) is 14.3. The van der Waals surface area contributed by atoms with E-state index in [4.69, 9.17) is 23.8 Å². The minimum atomic E-state index is 0.590. The molecule has 0 atom stereocenters. The van der Waals surface area contributed by atoms with Crippen LogP contribution in [0.4, 0.5) is 0 Å². The fraction of sp³-hybridized carbons (Fsp3) is 0. The number of para-hydroxylation sites is 4. The van der Waals surface area contributed by atoms with E-state index in [1.807, 2.05) is 72.8 Å². The van der Waals surface area contributed by atoms with Crippen LogP contribution in [-0.4, -0.2) is 19.5 Å². The predicted molar refractivity (Wildman–Crippen MR) is 230 cm³/mol. The first-order valence-electron chi connectivity index (χ1n) is 19.0. The quantitative estimate of drug-likeness (QED) is 0.176. The van der Waals surface area contributed by atoms with E-state index < -0.39 is 0 Å². The average molecular weight is 731 g/mol. The van der Waals surface area contributed by atoms with Gasteiger partial charge in [0.2, 0.25) is 0 Å². The minimum absolute atomic E-state index is 0.590. The first-order chi connectivity index (χ1) is 28.3. The largest absolute Gasteiger partial charge is 0.455 e. The number of hydrogen-bond acceptors (Lipinski definition) is 5. The summed E-state index contributed by atoms with van der Waals surface area (Å²) in [4.78, 5) is 15.0. The minimum Gasteiger partial charge on any atom is -0.455 e. The van der Waals surface area contributed by atoms with E-state index in [2.05, 4.69) is 114 Å². The lowest BCUT2D eigenvalue weighted by Crippen LogP contribution is -2.00. The van der Waals surface area contributed by atoms with Crippen molar-refractivity contribution in [3.8, 4) is 51.0 Å². The summed E-state index contributed by atoms with van der Waals surface area (Å²) in [5.74, 6) is 1.82. The van der Waals surface area contributed by atoms with E-state index >= 15 is 0 Å². The van der Waals surface area contributed by atoms with Crippen molar-refractivity contribution in [2.24, 2.45) is 0 Å². The molecule has 12 rings (SSSR count). The Balaban J connectivity index is 1.03. The molecule has 266 valence electrons. The molecule has 57 heavy (non-hydrogen) atoms. The third kappa shape index (κ3) is 4.87. The van der Waals surface area contributed by atoms with Gasteiger partial charge in [0.25, 0.3) is 0 Å². The maximum absolute atomic E-state index is 6.76. The summed E-state index contributed by atoms with van der Waals surface area (Å²) in [7, 11) is 0. The summed E-state index contributed by atoms with van der Waals surface area (Å²) >= 11 is 0. The van der Waals surface area contributed by atoms with E-state index in [1.54, 1.807) is 0 Å². The van der Waals surface area contributed by atoms with E-state index in [1.165, 1.54) is 10.8 Å².